The van der Waals surface area contributed by atoms with E-state index in [1.807, 2.05) is 60.7 Å². The van der Waals surface area contributed by atoms with Crippen LogP contribution in [0.25, 0.3) is 0 Å². The lowest BCUT2D eigenvalue weighted by Gasteiger charge is -2.70. The van der Waals surface area contributed by atoms with Gasteiger partial charge < -0.3 is 9.47 Å². The molecule has 5 aliphatic rings. The standard InChI is InChI=1S/C44H56O4/c1-29(2)32-20-23-44(39(46)48-28-31-16-12-9-13-17-31)25-24-41(5)33(37(32)44)18-19-36-42(41,6)22-21-35-40(3,4)26-34(43(35,36)7)38(45)47-27-30-14-10-8-11-15-30/h8-17,26,32-33,35-37H,1,18-25,27-28H2,2-7H3/t32-,33+,35-,36-,37+,41+,42+,43-,44-/m0/s1. The molecule has 0 radical (unpaired) electrons. The molecule has 4 fully saturated rings. The number of allylic oxidation sites excluding steroid dienone is 2. The van der Waals surface area contributed by atoms with Gasteiger partial charge in [-0.3, -0.25) is 4.79 Å². The van der Waals surface area contributed by atoms with Gasteiger partial charge in [0.2, 0.25) is 0 Å². The molecule has 4 heteroatoms. The zero-order chi connectivity index (χ0) is 34.1. The van der Waals surface area contributed by atoms with Gasteiger partial charge >= 0.3 is 11.9 Å². The second-order valence-electron chi connectivity index (χ2n) is 17.6. The minimum absolute atomic E-state index is 0.00835. The minimum Gasteiger partial charge on any atom is -0.460 e. The van der Waals surface area contributed by atoms with E-state index in [1.54, 1.807) is 0 Å². The molecule has 0 amide bonds. The second kappa shape index (κ2) is 11.7. The molecule has 0 aromatic heterocycles. The summed E-state index contributed by atoms with van der Waals surface area (Å²) in [6.45, 7) is 19.5. The average Bonchev–Trinajstić information content (AvgIpc) is 3.57. The van der Waals surface area contributed by atoms with Crippen LogP contribution >= 0.6 is 0 Å². The largest absolute Gasteiger partial charge is 0.460 e. The number of benzene rings is 2. The van der Waals surface area contributed by atoms with Crippen molar-refractivity contribution in [1.29, 1.82) is 0 Å². The van der Waals surface area contributed by atoms with Crippen molar-refractivity contribution < 1.29 is 19.1 Å². The number of fused-ring (bicyclic) bond motifs is 7. The van der Waals surface area contributed by atoms with E-state index in [2.05, 4.69) is 54.2 Å². The molecule has 7 rings (SSSR count). The normalized spacial score (nSPS) is 39.2. The van der Waals surface area contributed by atoms with Gasteiger partial charge in [0, 0.05) is 11.0 Å². The van der Waals surface area contributed by atoms with E-state index >= 15 is 0 Å². The van der Waals surface area contributed by atoms with Gasteiger partial charge in [0.1, 0.15) is 13.2 Å². The molecule has 0 unspecified atom stereocenters. The summed E-state index contributed by atoms with van der Waals surface area (Å²) in [4.78, 5) is 28.4. The topological polar surface area (TPSA) is 52.6 Å². The van der Waals surface area contributed by atoms with Gasteiger partial charge in [-0.15, -0.1) is 0 Å². The molecule has 5 aliphatic carbocycles. The second-order valence-corrected chi connectivity index (χ2v) is 17.6. The number of carbonyl (C=O) groups is 2. The lowest BCUT2D eigenvalue weighted by molar-refractivity contribution is -0.220. The third-order valence-electron chi connectivity index (χ3n) is 15.2. The lowest BCUT2D eigenvalue weighted by atomic mass is 9.34. The highest BCUT2D eigenvalue weighted by atomic mass is 16.5. The summed E-state index contributed by atoms with van der Waals surface area (Å²) in [5, 5.41) is 0. The Morgan fingerprint density at radius 3 is 1.98 bits per heavy atom. The SMILES string of the molecule is C=C(C)[C@@H]1CC[C@]2(C(=O)OCc3ccccc3)CC[C@]3(C)[C@H](CC[C@@H]4[C@@]5(C)C(C(=O)OCc6ccccc6)=CC(C)(C)[C@@H]5CC[C@]43C)[C@@H]12. The molecular weight excluding hydrogens is 592 g/mol. The molecule has 2 aromatic rings. The fourth-order valence-corrected chi connectivity index (χ4v) is 12.8. The Bertz CT molecular complexity index is 1610. The summed E-state index contributed by atoms with van der Waals surface area (Å²) >= 11 is 0. The van der Waals surface area contributed by atoms with Gasteiger partial charge in [-0.05, 0) is 115 Å². The minimum atomic E-state index is -0.450. The Labute approximate surface area is 288 Å². The van der Waals surface area contributed by atoms with Crippen molar-refractivity contribution in [2.75, 3.05) is 0 Å². The monoisotopic (exact) mass is 648 g/mol. The maximum Gasteiger partial charge on any atom is 0.334 e. The van der Waals surface area contributed by atoms with Crippen LogP contribution in [0.4, 0.5) is 0 Å². The molecule has 9 atom stereocenters. The highest BCUT2D eigenvalue weighted by Gasteiger charge is 2.73. The van der Waals surface area contributed by atoms with Crippen LogP contribution in [0.1, 0.15) is 104 Å². The Hall–Kier alpha value is -3.14. The number of rotatable bonds is 7. The lowest BCUT2D eigenvalue weighted by Crippen LogP contribution is -2.65. The van der Waals surface area contributed by atoms with E-state index in [0.717, 1.165) is 68.1 Å². The fourth-order valence-electron chi connectivity index (χ4n) is 12.8. The van der Waals surface area contributed by atoms with Crippen LogP contribution in [0.3, 0.4) is 0 Å². The van der Waals surface area contributed by atoms with Crippen molar-refractivity contribution in [2.24, 2.45) is 56.7 Å². The van der Waals surface area contributed by atoms with Gasteiger partial charge in [0.15, 0.2) is 0 Å². The van der Waals surface area contributed by atoms with Crippen molar-refractivity contribution in [3.8, 4) is 0 Å². The number of esters is 2. The molecule has 4 nitrogen and oxygen atoms in total. The summed E-state index contributed by atoms with van der Waals surface area (Å²) in [5.41, 5.74) is 3.47. The third kappa shape index (κ3) is 4.82. The molecular formula is C44H56O4. The summed E-state index contributed by atoms with van der Waals surface area (Å²) in [7, 11) is 0. The van der Waals surface area contributed by atoms with E-state index in [-0.39, 0.29) is 39.5 Å². The van der Waals surface area contributed by atoms with Crippen LogP contribution < -0.4 is 0 Å². The first-order valence-corrected chi connectivity index (χ1v) is 18.6. The Morgan fingerprint density at radius 1 is 0.729 bits per heavy atom. The van der Waals surface area contributed by atoms with E-state index in [0.29, 0.717) is 36.9 Å². The highest BCUT2D eigenvalue weighted by Crippen LogP contribution is 2.78. The van der Waals surface area contributed by atoms with Crippen LogP contribution in [-0.4, -0.2) is 11.9 Å². The van der Waals surface area contributed by atoms with Gasteiger partial charge in [-0.25, -0.2) is 4.79 Å². The number of hydrogen-bond acceptors (Lipinski definition) is 4. The first-order chi connectivity index (χ1) is 22.8. The average molecular weight is 649 g/mol. The maximum absolute atomic E-state index is 14.3. The zero-order valence-corrected chi connectivity index (χ0v) is 30.1. The third-order valence-corrected chi connectivity index (χ3v) is 15.2. The molecule has 4 saturated carbocycles. The van der Waals surface area contributed by atoms with Gasteiger partial charge in [0.05, 0.1) is 5.41 Å². The molecule has 0 aliphatic heterocycles. The van der Waals surface area contributed by atoms with E-state index in [9.17, 15) is 9.59 Å². The van der Waals surface area contributed by atoms with Crippen LogP contribution in [-0.2, 0) is 32.3 Å². The highest BCUT2D eigenvalue weighted by molar-refractivity contribution is 5.91. The van der Waals surface area contributed by atoms with Crippen LogP contribution in [0.2, 0.25) is 0 Å². The van der Waals surface area contributed by atoms with Crippen LogP contribution in [0.5, 0.6) is 0 Å². The summed E-state index contributed by atoms with van der Waals surface area (Å²) in [5.74, 6) is 1.61. The maximum atomic E-state index is 14.3. The molecule has 0 spiro atoms. The molecule has 0 bridgehead atoms. The Balaban J connectivity index is 1.20. The van der Waals surface area contributed by atoms with E-state index in [4.69, 9.17) is 9.47 Å². The number of carbonyl (C=O) groups excluding carboxylic acids is 2. The predicted molar refractivity (Wildman–Crippen MR) is 190 cm³/mol. The summed E-state index contributed by atoms with van der Waals surface area (Å²) in [6, 6.07) is 20.1. The van der Waals surface area contributed by atoms with Crippen LogP contribution in [0.15, 0.2) is 84.5 Å². The zero-order valence-electron chi connectivity index (χ0n) is 30.1. The predicted octanol–water partition coefficient (Wildman–Crippen LogP) is 10.3. The van der Waals surface area contributed by atoms with E-state index in [1.165, 1.54) is 5.57 Å². The first kappa shape index (κ1) is 33.4. The quantitative estimate of drug-likeness (QED) is 0.221. The van der Waals surface area contributed by atoms with Gasteiger partial charge in [-0.1, -0.05) is 114 Å². The molecule has 2 aromatic carbocycles. The number of ether oxygens (including phenoxy) is 2. The van der Waals surface area contributed by atoms with Crippen molar-refractivity contribution in [2.45, 2.75) is 106 Å². The van der Waals surface area contributed by atoms with Crippen molar-refractivity contribution in [3.63, 3.8) is 0 Å². The molecule has 256 valence electrons. The summed E-state index contributed by atoms with van der Waals surface area (Å²) in [6.07, 6.45) is 10.5. The molecule has 0 saturated heterocycles. The summed E-state index contributed by atoms with van der Waals surface area (Å²) < 4.78 is 12.3. The molecule has 0 heterocycles. The van der Waals surface area contributed by atoms with Crippen molar-refractivity contribution in [3.05, 3.63) is 95.6 Å². The van der Waals surface area contributed by atoms with E-state index < -0.39 is 5.41 Å². The van der Waals surface area contributed by atoms with Crippen LogP contribution in [0, 0.1) is 56.7 Å². The van der Waals surface area contributed by atoms with Crippen molar-refractivity contribution >= 4 is 11.9 Å². The molecule has 48 heavy (non-hydrogen) atoms. The Kier molecular flexibility index (Phi) is 8.16. The van der Waals surface area contributed by atoms with Crippen molar-refractivity contribution in [1.82, 2.24) is 0 Å². The van der Waals surface area contributed by atoms with Gasteiger partial charge in [-0.2, -0.15) is 0 Å². The fraction of sp³-hybridized carbons (Fsp3) is 0.591. The molecule has 0 N–H and O–H groups in total. The smallest absolute Gasteiger partial charge is 0.334 e. The first-order valence-electron chi connectivity index (χ1n) is 18.6. The van der Waals surface area contributed by atoms with Gasteiger partial charge in [0.25, 0.3) is 0 Å². The Morgan fingerprint density at radius 2 is 1.35 bits per heavy atom. The number of hydrogen-bond donors (Lipinski definition) is 0.